The molecule has 2 atom stereocenters. The molecule has 0 saturated carbocycles. The first-order valence-electron chi connectivity index (χ1n) is 11.4. The van der Waals surface area contributed by atoms with E-state index in [4.69, 9.17) is 4.74 Å². The van der Waals surface area contributed by atoms with Crippen molar-refractivity contribution in [3.63, 3.8) is 0 Å². The Kier molecular flexibility index (Phi) is 8.09. The molecule has 1 fully saturated rings. The van der Waals surface area contributed by atoms with Crippen molar-refractivity contribution < 1.29 is 19.1 Å². The number of carbonyl (C=O) groups is 3. The minimum atomic E-state index is -1.10. The molecule has 1 heterocycles. The predicted molar refractivity (Wildman–Crippen MR) is 126 cm³/mol. The second kappa shape index (κ2) is 11.0. The van der Waals surface area contributed by atoms with Crippen molar-refractivity contribution in [2.45, 2.75) is 51.8 Å². The first-order chi connectivity index (χ1) is 15.8. The number of benzene rings is 2. The van der Waals surface area contributed by atoms with Gasteiger partial charge in [0.05, 0.1) is 0 Å². The molecule has 1 aliphatic heterocycles. The molecule has 33 heavy (non-hydrogen) atoms. The van der Waals surface area contributed by atoms with Crippen molar-refractivity contribution in [2.24, 2.45) is 5.92 Å². The quantitative estimate of drug-likeness (QED) is 0.613. The third kappa shape index (κ3) is 6.12. The first kappa shape index (κ1) is 24.3. The van der Waals surface area contributed by atoms with E-state index in [1.165, 1.54) is 4.90 Å². The molecule has 3 rings (SSSR count). The molecule has 0 aromatic heterocycles. The Hall–Kier alpha value is -3.35. The number of carbonyl (C=O) groups excluding carboxylic acids is 3. The molecule has 2 N–H and O–H groups in total. The maximum atomic E-state index is 13.5. The van der Waals surface area contributed by atoms with Gasteiger partial charge in [0, 0.05) is 19.5 Å². The van der Waals surface area contributed by atoms with Gasteiger partial charge in [0.2, 0.25) is 11.8 Å². The van der Waals surface area contributed by atoms with E-state index in [-0.39, 0.29) is 18.4 Å². The Morgan fingerprint density at radius 1 is 0.970 bits per heavy atom. The van der Waals surface area contributed by atoms with Crippen LogP contribution in [0.15, 0.2) is 60.7 Å². The van der Waals surface area contributed by atoms with Crippen LogP contribution >= 0.6 is 0 Å². The second-order valence-electron chi connectivity index (χ2n) is 8.97. The lowest BCUT2D eigenvalue weighted by Gasteiger charge is -2.50. The van der Waals surface area contributed by atoms with Gasteiger partial charge in [0.1, 0.15) is 18.2 Å². The van der Waals surface area contributed by atoms with Gasteiger partial charge in [-0.1, -0.05) is 74.5 Å². The fourth-order valence-electron chi connectivity index (χ4n) is 3.84. The van der Waals surface area contributed by atoms with Crippen LogP contribution in [0.3, 0.4) is 0 Å². The van der Waals surface area contributed by atoms with Crippen molar-refractivity contribution >= 4 is 17.9 Å². The van der Waals surface area contributed by atoms with E-state index in [1.807, 2.05) is 74.5 Å². The third-order valence-corrected chi connectivity index (χ3v) is 5.88. The van der Waals surface area contributed by atoms with Gasteiger partial charge >= 0.3 is 6.09 Å². The summed E-state index contributed by atoms with van der Waals surface area (Å²) >= 11 is 0. The smallest absolute Gasteiger partial charge is 0.411 e. The normalized spacial score (nSPS) is 18.2. The number of hydrogen-bond donors (Lipinski definition) is 2. The van der Waals surface area contributed by atoms with Crippen LogP contribution in [0.2, 0.25) is 0 Å². The third-order valence-electron chi connectivity index (χ3n) is 5.88. The lowest BCUT2D eigenvalue weighted by molar-refractivity contribution is -0.143. The number of amides is 3. The van der Waals surface area contributed by atoms with Crippen molar-refractivity contribution in [2.75, 3.05) is 13.1 Å². The van der Waals surface area contributed by atoms with E-state index in [9.17, 15) is 14.4 Å². The summed E-state index contributed by atoms with van der Waals surface area (Å²) in [7, 11) is 0. The molecule has 176 valence electrons. The standard InChI is InChI=1S/C26H33N3O4/c1-19(2)17-27-23(30)20(3)28-24(31)26(16-21-10-6-4-7-11-21)14-15-29(26)25(32)33-18-22-12-8-5-9-13-22/h4-13,19-20H,14-18H2,1-3H3,(H,27,30)(H,28,31)/t20-,26-/m0/s1. The van der Waals surface area contributed by atoms with E-state index < -0.39 is 17.7 Å². The number of hydrogen-bond acceptors (Lipinski definition) is 4. The van der Waals surface area contributed by atoms with Crippen molar-refractivity contribution in [1.29, 1.82) is 0 Å². The number of likely N-dealkylation sites (tertiary alicyclic amines) is 1. The summed E-state index contributed by atoms with van der Waals surface area (Å²) in [4.78, 5) is 40.3. The number of ether oxygens (including phenoxy) is 1. The number of nitrogens with one attached hydrogen (secondary N) is 2. The molecule has 0 radical (unpaired) electrons. The molecule has 0 unspecified atom stereocenters. The summed E-state index contributed by atoms with van der Waals surface area (Å²) in [5.41, 5.74) is 0.715. The Morgan fingerprint density at radius 3 is 2.12 bits per heavy atom. The molecular formula is C26H33N3O4. The fraction of sp³-hybridized carbons (Fsp3) is 0.423. The van der Waals surface area contributed by atoms with Crippen LogP contribution in [0, 0.1) is 5.92 Å². The SMILES string of the molecule is CC(C)CNC(=O)[C@H](C)NC(=O)[C@@]1(Cc2ccccc2)CCN1C(=O)OCc1ccccc1. The molecular weight excluding hydrogens is 418 g/mol. The zero-order chi connectivity index (χ0) is 23.8. The Balaban J connectivity index is 1.73. The van der Waals surface area contributed by atoms with E-state index in [2.05, 4.69) is 10.6 Å². The van der Waals surface area contributed by atoms with Gasteiger partial charge in [-0.15, -0.1) is 0 Å². The van der Waals surface area contributed by atoms with Gasteiger partial charge in [-0.25, -0.2) is 4.79 Å². The molecule has 0 bridgehead atoms. The first-order valence-corrected chi connectivity index (χ1v) is 11.4. The van der Waals surface area contributed by atoms with Crippen molar-refractivity contribution in [3.8, 4) is 0 Å². The summed E-state index contributed by atoms with van der Waals surface area (Å²) in [5.74, 6) is -0.284. The topological polar surface area (TPSA) is 87.7 Å². The van der Waals surface area contributed by atoms with Gasteiger partial charge in [0.15, 0.2) is 0 Å². The molecule has 7 heteroatoms. The van der Waals surface area contributed by atoms with Gasteiger partial charge in [-0.2, -0.15) is 0 Å². The van der Waals surface area contributed by atoms with Gasteiger partial charge in [-0.3, -0.25) is 14.5 Å². The minimum absolute atomic E-state index is 0.132. The highest BCUT2D eigenvalue weighted by atomic mass is 16.6. The van der Waals surface area contributed by atoms with E-state index in [0.717, 1.165) is 11.1 Å². The maximum Gasteiger partial charge on any atom is 0.411 e. The molecule has 3 amide bonds. The van der Waals surface area contributed by atoms with Crippen molar-refractivity contribution in [1.82, 2.24) is 15.5 Å². The molecule has 1 saturated heterocycles. The highest BCUT2D eigenvalue weighted by molar-refractivity contribution is 5.95. The average molecular weight is 452 g/mol. The molecule has 7 nitrogen and oxygen atoms in total. The summed E-state index contributed by atoms with van der Waals surface area (Å²) in [5, 5.41) is 5.66. The van der Waals surface area contributed by atoms with Gasteiger partial charge < -0.3 is 15.4 Å². The number of nitrogens with zero attached hydrogens (tertiary/aromatic N) is 1. The van der Waals surface area contributed by atoms with Crippen LogP contribution in [-0.4, -0.2) is 47.5 Å². The zero-order valence-electron chi connectivity index (χ0n) is 19.5. The molecule has 2 aromatic rings. The van der Waals surface area contributed by atoms with E-state index >= 15 is 0 Å². The van der Waals surface area contributed by atoms with E-state index in [0.29, 0.717) is 31.8 Å². The Morgan fingerprint density at radius 2 is 1.58 bits per heavy atom. The van der Waals surface area contributed by atoms with Crippen molar-refractivity contribution in [3.05, 3.63) is 71.8 Å². The van der Waals surface area contributed by atoms with Crippen LogP contribution in [0.25, 0.3) is 0 Å². The summed E-state index contributed by atoms with van der Waals surface area (Å²) in [6, 6.07) is 18.3. The zero-order valence-corrected chi connectivity index (χ0v) is 19.5. The van der Waals surface area contributed by atoms with Gasteiger partial charge in [-0.05, 0) is 30.4 Å². The van der Waals surface area contributed by atoms with E-state index in [1.54, 1.807) is 6.92 Å². The Labute approximate surface area is 195 Å². The average Bonchev–Trinajstić information content (AvgIpc) is 2.80. The number of rotatable bonds is 9. The lowest BCUT2D eigenvalue weighted by Crippen LogP contribution is -2.71. The largest absolute Gasteiger partial charge is 0.445 e. The van der Waals surface area contributed by atoms with Crippen LogP contribution in [-0.2, 0) is 27.4 Å². The van der Waals surface area contributed by atoms with Crippen LogP contribution in [0.1, 0.15) is 38.3 Å². The monoisotopic (exact) mass is 451 g/mol. The molecule has 0 aliphatic carbocycles. The molecule has 2 aromatic carbocycles. The summed E-state index contributed by atoms with van der Waals surface area (Å²) in [6.45, 7) is 6.75. The lowest BCUT2D eigenvalue weighted by atomic mass is 9.78. The molecule has 1 aliphatic rings. The minimum Gasteiger partial charge on any atom is -0.445 e. The van der Waals surface area contributed by atoms with Crippen LogP contribution < -0.4 is 10.6 Å². The second-order valence-corrected chi connectivity index (χ2v) is 8.97. The van der Waals surface area contributed by atoms with Gasteiger partial charge in [0.25, 0.3) is 0 Å². The maximum absolute atomic E-state index is 13.5. The highest BCUT2D eigenvalue weighted by Crippen LogP contribution is 2.35. The fourth-order valence-corrected chi connectivity index (χ4v) is 3.84. The predicted octanol–water partition coefficient (Wildman–Crippen LogP) is 3.29. The highest BCUT2D eigenvalue weighted by Gasteiger charge is 2.54. The summed E-state index contributed by atoms with van der Waals surface area (Å²) < 4.78 is 5.52. The van der Waals surface area contributed by atoms with Crippen LogP contribution in [0.5, 0.6) is 0 Å². The summed E-state index contributed by atoms with van der Waals surface area (Å²) in [6.07, 6.45) is 0.308. The molecule has 0 spiro atoms. The van der Waals surface area contributed by atoms with Crippen LogP contribution in [0.4, 0.5) is 4.79 Å². The Bertz CT molecular complexity index is 949.